The summed E-state index contributed by atoms with van der Waals surface area (Å²) in [5, 5.41) is 39.5. The highest BCUT2D eigenvalue weighted by molar-refractivity contribution is 4.77. The van der Waals surface area contributed by atoms with Gasteiger partial charge in [0.25, 0.3) is 0 Å². The van der Waals surface area contributed by atoms with Crippen LogP contribution < -0.4 is 5.32 Å². The third kappa shape index (κ3) is 5.51. The average molecular weight is 207 g/mol. The van der Waals surface area contributed by atoms with E-state index in [1.807, 2.05) is 13.8 Å². The molecule has 0 bridgehead atoms. The molecule has 0 radical (unpaired) electrons. The molecule has 0 aromatic heterocycles. The molecule has 86 valence electrons. The van der Waals surface area contributed by atoms with Crippen molar-refractivity contribution in [3.8, 4) is 0 Å². The molecule has 14 heavy (non-hydrogen) atoms. The summed E-state index contributed by atoms with van der Waals surface area (Å²) in [6, 6.07) is 0.215. The van der Waals surface area contributed by atoms with Crippen molar-refractivity contribution in [1.82, 2.24) is 5.32 Å². The van der Waals surface area contributed by atoms with Crippen molar-refractivity contribution in [1.29, 1.82) is 0 Å². The van der Waals surface area contributed by atoms with Crippen LogP contribution in [-0.2, 0) is 0 Å². The predicted octanol–water partition coefficient (Wildman–Crippen LogP) is -1.55. The van der Waals surface area contributed by atoms with Gasteiger partial charge in [-0.25, -0.2) is 0 Å². The molecule has 0 rings (SSSR count). The minimum atomic E-state index is -1.21. The molecule has 0 saturated heterocycles. The number of rotatable bonds is 7. The van der Waals surface area contributed by atoms with E-state index in [4.69, 9.17) is 5.11 Å². The Morgan fingerprint density at radius 1 is 1.07 bits per heavy atom. The average Bonchev–Trinajstić information content (AvgIpc) is 2.13. The molecule has 3 unspecified atom stereocenters. The van der Waals surface area contributed by atoms with Gasteiger partial charge in [0.15, 0.2) is 0 Å². The summed E-state index contributed by atoms with van der Waals surface area (Å²) >= 11 is 0. The second kappa shape index (κ2) is 7.14. The summed E-state index contributed by atoms with van der Waals surface area (Å²) in [4.78, 5) is 0. The second-order valence-corrected chi connectivity index (χ2v) is 3.70. The lowest BCUT2D eigenvalue weighted by Gasteiger charge is -2.23. The number of nitrogens with one attached hydrogen (secondary N) is 1. The highest BCUT2D eigenvalue weighted by Gasteiger charge is 2.23. The summed E-state index contributed by atoms with van der Waals surface area (Å²) in [5.41, 5.74) is 0. The van der Waals surface area contributed by atoms with Gasteiger partial charge in [0.2, 0.25) is 0 Å². The Kier molecular flexibility index (Phi) is 7.04. The summed E-state index contributed by atoms with van der Waals surface area (Å²) in [6.07, 6.45) is -3.24. The van der Waals surface area contributed by atoms with Gasteiger partial charge in [0, 0.05) is 19.2 Å². The minimum absolute atomic E-state index is 0.0694. The standard InChI is InChI=1S/C9H21NO4/c1-6(2)10-5-8(13)9(14)7(12)3-4-11/h6-14H,3-5H2,1-2H3. The van der Waals surface area contributed by atoms with Crippen LogP contribution >= 0.6 is 0 Å². The fourth-order valence-electron chi connectivity index (χ4n) is 1.04. The molecule has 0 aromatic carbocycles. The molecule has 5 nitrogen and oxygen atoms in total. The third-order valence-electron chi connectivity index (χ3n) is 1.95. The molecule has 5 heteroatoms. The smallest absolute Gasteiger partial charge is 0.107 e. The Balaban J connectivity index is 3.79. The summed E-state index contributed by atoms with van der Waals surface area (Å²) in [5.74, 6) is 0. The fraction of sp³-hybridized carbons (Fsp3) is 1.00. The van der Waals surface area contributed by atoms with Crippen LogP contribution in [0.15, 0.2) is 0 Å². The van der Waals surface area contributed by atoms with Gasteiger partial charge in [-0.15, -0.1) is 0 Å². The van der Waals surface area contributed by atoms with E-state index >= 15 is 0 Å². The van der Waals surface area contributed by atoms with E-state index in [0.29, 0.717) is 0 Å². The van der Waals surface area contributed by atoms with Crippen molar-refractivity contribution in [2.45, 2.75) is 44.6 Å². The lowest BCUT2D eigenvalue weighted by Crippen LogP contribution is -2.44. The molecule has 0 fully saturated rings. The Morgan fingerprint density at radius 3 is 2.07 bits per heavy atom. The maximum atomic E-state index is 9.41. The van der Waals surface area contributed by atoms with Crippen LogP contribution in [0, 0.1) is 0 Å². The zero-order valence-electron chi connectivity index (χ0n) is 8.72. The molecular weight excluding hydrogens is 186 g/mol. The fourth-order valence-corrected chi connectivity index (χ4v) is 1.04. The molecule has 0 saturated carbocycles. The van der Waals surface area contributed by atoms with Gasteiger partial charge < -0.3 is 25.7 Å². The van der Waals surface area contributed by atoms with Gasteiger partial charge in [-0.05, 0) is 6.42 Å². The Hall–Kier alpha value is -0.200. The molecule has 0 aliphatic carbocycles. The third-order valence-corrected chi connectivity index (χ3v) is 1.95. The van der Waals surface area contributed by atoms with Crippen molar-refractivity contribution < 1.29 is 20.4 Å². The van der Waals surface area contributed by atoms with Gasteiger partial charge in [0.05, 0.1) is 12.2 Å². The van der Waals surface area contributed by atoms with Crippen LogP contribution in [0.3, 0.4) is 0 Å². The van der Waals surface area contributed by atoms with Crippen molar-refractivity contribution in [3.63, 3.8) is 0 Å². The van der Waals surface area contributed by atoms with Gasteiger partial charge in [-0.2, -0.15) is 0 Å². The van der Waals surface area contributed by atoms with E-state index in [1.165, 1.54) is 0 Å². The lowest BCUT2D eigenvalue weighted by molar-refractivity contribution is -0.0647. The summed E-state index contributed by atoms with van der Waals surface area (Å²) in [6.45, 7) is 3.86. The monoisotopic (exact) mass is 207 g/mol. The SMILES string of the molecule is CC(C)NCC(O)C(O)C(O)CCO. The summed E-state index contributed by atoms with van der Waals surface area (Å²) < 4.78 is 0. The molecule has 0 aromatic rings. The molecule has 5 N–H and O–H groups in total. The minimum Gasteiger partial charge on any atom is -0.396 e. The van der Waals surface area contributed by atoms with E-state index in [-0.39, 0.29) is 25.6 Å². The maximum absolute atomic E-state index is 9.41. The first kappa shape index (κ1) is 13.8. The first-order valence-electron chi connectivity index (χ1n) is 4.87. The van der Waals surface area contributed by atoms with Gasteiger partial charge in [-0.1, -0.05) is 13.8 Å². The van der Waals surface area contributed by atoms with Gasteiger partial charge in [0.1, 0.15) is 6.10 Å². The molecular formula is C9H21NO4. The van der Waals surface area contributed by atoms with Crippen molar-refractivity contribution in [2.75, 3.05) is 13.2 Å². The van der Waals surface area contributed by atoms with Gasteiger partial charge in [-0.3, -0.25) is 0 Å². The molecule has 0 spiro atoms. The van der Waals surface area contributed by atoms with Crippen LogP contribution in [0.4, 0.5) is 0 Å². The number of hydrogen-bond donors (Lipinski definition) is 5. The number of aliphatic hydroxyl groups is 4. The molecule has 0 aliphatic rings. The molecule has 0 amide bonds. The lowest BCUT2D eigenvalue weighted by atomic mass is 10.1. The number of hydrogen-bond acceptors (Lipinski definition) is 5. The van der Waals surface area contributed by atoms with Crippen LogP contribution in [0.2, 0.25) is 0 Å². The molecule has 0 aliphatic heterocycles. The zero-order chi connectivity index (χ0) is 11.1. The van der Waals surface area contributed by atoms with Gasteiger partial charge >= 0.3 is 0 Å². The Morgan fingerprint density at radius 2 is 1.64 bits per heavy atom. The Bertz CT molecular complexity index is 143. The first-order valence-corrected chi connectivity index (χ1v) is 4.87. The number of aliphatic hydroxyl groups excluding tert-OH is 4. The van der Waals surface area contributed by atoms with Crippen molar-refractivity contribution in [2.24, 2.45) is 0 Å². The predicted molar refractivity (Wildman–Crippen MR) is 52.9 cm³/mol. The Labute approximate surface area is 84.4 Å². The van der Waals surface area contributed by atoms with Crippen LogP contribution in [0.25, 0.3) is 0 Å². The largest absolute Gasteiger partial charge is 0.396 e. The van der Waals surface area contributed by atoms with Crippen LogP contribution in [0.1, 0.15) is 20.3 Å². The van der Waals surface area contributed by atoms with E-state index < -0.39 is 18.3 Å². The van der Waals surface area contributed by atoms with Crippen molar-refractivity contribution in [3.05, 3.63) is 0 Å². The highest BCUT2D eigenvalue weighted by atomic mass is 16.4. The quantitative estimate of drug-likeness (QED) is 0.348. The van der Waals surface area contributed by atoms with Crippen molar-refractivity contribution >= 4 is 0 Å². The van der Waals surface area contributed by atoms with Crippen LogP contribution in [0.5, 0.6) is 0 Å². The topological polar surface area (TPSA) is 93.0 Å². The highest BCUT2D eigenvalue weighted by Crippen LogP contribution is 2.03. The first-order chi connectivity index (χ1) is 6.49. The van der Waals surface area contributed by atoms with E-state index in [1.54, 1.807) is 0 Å². The zero-order valence-corrected chi connectivity index (χ0v) is 8.72. The molecule has 0 heterocycles. The molecule has 3 atom stereocenters. The van der Waals surface area contributed by atoms with E-state index in [2.05, 4.69) is 5.32 Å². The van der Waals surface area contributed by atoms with Crippen LogP contribution in [-0.4, -0.2) is 57.9 Å². The maximum Gasteiger partial charge on any atom is 0.107 e. The normalized spacial score (nSPS) is 18.2. The second-order valence-electron chi connectivity index (χ2n) is 3.70. The summed E-state index contributed by atoms with van der Waals surface area (Å²) in [7, 11) is 0. The van der Waals surface area contributed by atoms with E-state index in [9.17, 15) is 15.3 Å². The van der Waals surface area contributed by atoms with E-state index in [0.717, 1.165) is 0 Å².